The number of thioether (sulfide) groups is 1. The van der Waals surface area contributed by atoms with E-state index in [1.54, 1.807) is 41.3 Å². The van der Waals surface area contributed by atoms with E-state index in [9.17, 15) is 13.2 Å². The molecule has 11 heteroatoms. The topological polar surface area (TPSA) is 88.4 Å². The minimum absolute atomic E-state index is 0.0524. The highest BCUT2D eigenvalue weighted by molar-refractivity contribution is 7.99. The molecule has 0 aliphatic carbocycles. The van der Waals surface area contributed by atoms with Crippen LogP contribution in [-0.4, -0.2) is 70.2 Å². The van der Waals surface area contributed by atoms with Gasteiger partial charge in [-0.1, -0.05) is 41.1 Å². The fourth-order valence-electron chi connectivity index (χ4n) is 3.55. The number of aryl methyl sites for hydroxylation is 1. The van der Waals surface area contributed by atoms with E-state index in [-0.39, 0.29) is 29.6 Å². The smallest absolute Gasteiger partial charge is 0.243 e. The predicted molar refractivity (Wildman–Crippen MR) is 129 cm³/mol. The lowest BCUT2D eigenvalue weighted by atomic mass is 10.2. The fraction of sp³-hybridized carbons (Fsp3) is 0.318. The Morgan fingerprint density at radius 1 is 1.00 bits per heavy atom. The van der Waals surface area contributed by atoms with Crippen molar-refractivity contribution in [3.05, 3.63) is 59.1 Å². The van der Waals surface area contributed by atoms with Gasteiger partial charge in [-0.15, -0.1) is 10.2 Å². The number of aromatic nitrogens is 3. The van der Waals surface area contributed by atoms with Gasteiger partial charge in [0.15, 0.2) is 11.0 Å². The molecule has 2 aromatic carbocycles. The van der Waals surface area contributed by atoms with Gasteiger partial charge in [-0.2, -0.15) is 4.31 Å². The Kier molecular flexibility index (Phi) is 7.08. The van der Waals surface area contributed by atoms with Gasteiger partial charge in [-0.25, -0.2) is 8.42 Å². The highest BCUT2D eigenvalue weighted by Crippen LogP contribution is 2.24. The first-order valence-corrected chi connectivity index (χ1v) is 13.2. The molecule has 33 heavy (non-hydrogen) atoms. The van der Waals surface area contributed by atoms with Gasteiger partial charge < -0.3 is 9.47 Å². The van der Waals surface area contributed by atoms with Crippen LogP contribution in [-0.2, 0) is 21.9 Å². The Bertz CT molecular complexity index is 1240. The number of rotatable bonds is 6. The molecular weight excluding hydrogens is 482 g/mol. The molecule has 0 N–H and O–H groups in total. The summed E-state index contributed by atoms with van der Waals surface area (Å²) in [6, 6.07) is 14.1. The highest BCUT2D eigenvalue weighted by atomic mass is 35.5. The van der Waals surface area contributed by atoms with E-state index in [4.69, 9.17) is 11.6 Å². The van der Waals surface area contributed by atoms with Crippen molar-refractivity contribution >= 4 is 39.3 Å². The molecule has 2 heterocycles. The summed E-state index contributed by atoms with van der Waals surface area (Å²) in [5, 5.41) is 9.71. The third-order valence-corrected chi connectivity index (χ3v) is 8.68. The lowest BCUT2D eigenvalue weighted by Crippen LogP contribution is -2.50. The van der Waals surface area contributed by atoms with Crippen LogP contribution in [0.25, 0.3) is 11.4 Å². The van der Waals surface area contributed by atoms with Gasteiger partial charge in [0.05, 0.1) is 10.6 Å². The van der Waals surface area contributed by atoms with Crippen LogP contribution in [0.1, 0.15) is 5.56 Å². The molecule has 1 fully saturated rings. The van der Waals surface area contributed by atoms with Crippen molar-refractivity contribution in [2.75, 3.05) is 31.9 Å². The zero-order chi connectivity index (χ0) is 23.6. The summed E-state index contributed by atoms with van der Waals surface area (Å²) < 4.78 is 29.0. The molecule has 1 aliphatic heterocycles. The number of halogens is 1. The van der Waals surface area contributed by atoms with Crippen LogP contribution in [0.4, 0.5) is 0 Å². The maximum Gasteiger partial charge on any atom is 0.243 e. The molecular formula is C22H24ClN5O3S2. The zero-order valence-corrected chi connectivity index (χ0v) is 20.7. The van der Waals surface area contributed by atoms with Gasteiger partial charge in [-0.3, -0.25) is 4.79 Å². The predicted octanol–water partition coefficient (Wildman–Crippen LogP) is 3.07. The van der Waals surface area contributed by atoms with Crippen LogP contribution in [0, 0.1) is 6.92 Å². The number of hydrogen-bond donors (Lipinski definition) is 0. The van der Waals surface area contributed by atoms with E-state index < -0.39 is 10.0 Å². The maximum atomic E-state index is 12.9. The van der Waals surface area contributed by atoms with E-state index in [2.05, 4.69) is 10.2 Å². The number of sulfonamides is 1. The Balaban J connectivity index is 1.33. The molecule has 0 unspecified atom stereocenters. The molecule has 1 amide bonds. The molecule has 1 aliphatic rings. The van der Waals surface area contributed by atoms with E-state index in [1.807, 2.05) is 30.7 Å². The third kappa shape index (κ3) is 5.24. The standard InChI is InChI=1S/C22H24ClN5O3S2/c1-16-3-9-19(10-4-16)33(30,31)28-13-11-27(12-14-28)20(29)15-32-22-25-24-21(26(22)2)17-5-7-18(23)8-6-17/h3-10H,11-15H2,1-2H3. The van der Waals surface area contributed by atoms with Gasteiger partial charge in [0.2, 0.25) is 15.9 Å². The first kappa shape index (κ1) is 23.7. The number of carbonyl (C=O) groups excluding carboxylic acids is 1. The van der Waals surface area contributed by atoms with Crippen molar-refractivity contribution in [1.29, 1.82) is 0 Å². The first-order chi connectivity index (χ1) is 15.8. The summed E-state index contributed by atoms with van der Waals surface area (Å²) in [6.45, 7) is 3.19. The molecule has 174 valence electrons. The molecule has 0 atom stereocenters. The number of benzene rings is 2. The van der Waals surface area contributed by atoms with Crippen LogP contribution < -0.4 is 0 Å². The van der Waals surface area contributed by atoms with E-state index in [1.165, 1.54) is 16.1 Å². The van der Waals surface area contributed by atoms with Gasteiger partial charge in [-0.05, 0) is 43.3 Å². The summed E-state index contributed by atoms with van der Waals surface area (Å²) in [7, 11) is -1.70. The first-order valence-electron chi connectivity index (χ1n) is 10.4. The van der Waals surface area contributed by atoms with Crippen LogP contribution in [0.15, 0.2) is 58.6 Å². The zero-order valence-electron chi connectivity index (χ0n) is 18.3. The second-order valence-electron chi connectivity index (χ2n) is 7.76. The monoisotopic (exact) mass is 505 g/mol. The number of nitrogens with zero attached hydrogens (tertiary/aromatic N) is 5. The minimum atomic E-state index is -3.55. The normalized spacial score (nSPS) is 15.1. The molecule has 3 aromatic rings. The van der Waals surface area contributed by atoms with Crippen molar-refractivity contribution < 1.29 is 13.2 Å². The molecule has 8 nitrogen and oxygen atoms in total. The molecule has 0 radical (unpaired) electrons. The lowest BCUT2D eigenvalue weighted by molar-refractivity contribution is -0.129. The fourth-order valence-corrected chi connectivity index (χ4v) is 5.91. The molecule has 1 aromatic heterocycles. The van der Waals surface area contributed by atoms with E-state index in [0.717, 1.165) is 11.1 Å². The van der Waals surface area contributed by atoms with Crippen molar-refractivity contribution in [2.45, 2.75) is 17.0 Å². The average Bonchev–Trinajstić information content (AvgIpc) is 3.18. The van der Waals surface area contributed by atoms with Gasteiger partial charge in [0.1, 0.15) is 0 Å². The van der Waals surface area contributed by atoms with Crippen LogP contribution in [0.3, 0.4) is 0 Å². The number of amides is 1. The van der Waals surface area contributed by atoms with Gasteiger partial charge in [0, 0.05) is 43.8 Å². The van der Waals surface area contributed by atoms with Crippen LogP contribution in [0.5, 0.6) is 0 Å². The molecule has 0 saturated carbocycles. The highest BCUT2D eigenvalue weighted by Gasteiger charge is 2.30. The number of hydrogen-bond acceptors (Lipinski definition) is 6. The molecule has 0 spiro atoms. The SMILES string of the molecule is Cc1ccc(S(=O)(=O)N2CCN(C(=O)CSc3nnc(-c4ccc(Cl)cc4)n3C)CC2)cc1. The van der Waals surface area contributed by atoms with Gasteiger partial charge in [0.25, 0.3) is 0 Å². The number of piperazine rings is 1. The molecule has 0 bridgehead atoms. The summed E-state index contributed by atoms with van der Waals surface area (Å²) in [5.41, 5.74) is 1.89. The maximum absolute atomic E-state index is 12.9. The Morgan fingerprint density at radius 3 is 2.27 bits per heavy atom. The summed E-state index contributed by atoms with van der Waals surface area (Å²) in [5.74, 6) is 0.845. The van der Waals surface area contributed by atoms with Crippen molar-refractivity contribution in [1.82, 2.24) is 24.0 Å². The van der Waals surface area contributed by atoms with Crippen molar-refractivity contribution in [3.63, 3.8) is 0 Å². The van der Waals surface area contributed by atoms with Crippen molar-refractivity contribution in [2.24, 2.45) is 7.05 Å². The minimum Gasteiger partial charge on any atom is -0.339 e. The largest absolute Gasteiger partial charge is 0.339 e. The van der Waals surface area contributed by atoms with Crippen LogP contribution in [0.2, 0.25) is 5.02 Å². The Labute approximate surface area is 202 Å². The molecule has 1 saturated heterocycles. The summed E-state index contributed by atoms with van der Waals surface area (Å²) >= 11 is 7.26. The van der Waals surface area contributed by atoms with Crippen molar-refractivity contribution in [3.8, 4) is 11.4 Å². The Hall–Kier alpha value is -2.40. The van der Waals surface area contributed by atoms with E-state index in [0.29, 0.717) is 29.1 Å². The average molecular weight is 506 g/mol. The second kappa shape index (κ2) is 9.84. The van der Waals surface area contributed by atoms with E-state index >= 15 is 0 Å². The summed E-state index contributed by atoms with van der Waals surface area (Å²) in [4.78, 5) is 14.7. The quantitative estimate of drug-likeness (QED) is 0.478. The Morgan fingerprint density at radius 2 is 1.64 bits per heavy atom. The summed E-state index contributed by atoms with van der Waals surface area (Å²) in [6.07, 6.45) is 0. The van der Waals surface area contributed by atoms with Gasteiger partial charge >= 0.3 is 0 Å². The number of carbonyl (C=O) groups is 1. The van der Waals surface area contributed by atoms with Crippen LogP contribution >= 0.6 is 23.4 Å². The second-order valence-corrected chi connectivity index (χ2v) is 11.1. The lowest BCUT2D eigenvalue weighted by Gasteiger charge is -2.34. The molecule has 4 rings (SSSR count). The third-order valence-electron chi connectivity index (χ3n) is 5.51.